The number of furan rings is 1. The van der Waals surface area contributed by atoms with Crippen molar-refractivity contribution in [2.24, 2.45) is 0 Å². The normalized spacial score (nSPS) is 14.4. The maximum atomic E-state index is 6.26. The van der Waals surface area contributed by atoms with Gasteiger partial charge in [-0.3, -0.25) is 0 Å². The number of benzene rings is 2. The molecule has 0 unspecified atom stereocenters. The lowest BCUT2D eigenvalue weighted by Crippen LogP contribution is -2.19. The van der Waals surface area contributed by atoms with Gasteiger partial charge in [0, 0.05) is 22.6 Å². The van der Waals surface area contributed by atoms with E-state index in [1.54, 1.807) is 0 Å². The van der Waals surface area contributed by atoms with Crippen LogP contribution in [0.3, 0.4) is 0 Å². The highest BCUT2D eigenvalue weighted by Gasteiger charge is 2.16. The number of hydrogen-bond donors (Lipinski definition) is 0. The molecule has 0 aliphatic heterocycles. The standard InChI is InChI=1S/C22H20ClNO/c23-18-10-7-11-19(14-18)24(15-17-8-3-1-2-4-9-17)21-16-25-22-13-6-5-12-20(21)22/h3,5-14,16H,1-2,4,15H2. The lowest BCUT2D eigenvalue weighted by atomic mass is 10.1. The van der Waals surface area contributed by atoms with E-state index in [4.69, 9.17) is 16.0 Å². The number of para-hydroxylation sites is 1. The summed E-state index contributed by atoms with van der Waals surface area (Å²) in [7, 11) is 0. The van der Waals surface area contributed by atoms with E-state index in [1.165, 1.54) is 12.0 Å². The summed E-state index contributed by atoms with van der Waals surface area (Å²) in [4.78, 5) is 2.28. The third kappa shape index (κ3) is 3.49. The van der Waals surface area contributed by atoms with E-state index >= 15 is 0 Å². The van der Waals surface area contributed by atoms with Gasteiger partial charge in [-0.1, -0.05) is 48.0 Å². The highest BCUT2D eigenvalue weighted by molar-refractivity contribution is 6.30. The minimum absolute atomic E-state index is 0.737. The summed E-state index contributed by atoms with van der Waals surface area (Å²) in [6.07, 6.45) is 12.2. The largest absolute Gasteiger partial charge is 0.462 e. The van der Waals surface area contributed by atoms with E-state index in [1.807, 2.05) is 42.7 Å². The van der Waals surface area contributed by atoms with Gasteiger partial charge in [0.1, 0.15) is 11.8 Å². The monoisotopic (exact) mass is 349 g/mol. The van der Waals surface area contributed by atoms with Gasteiger partial charge in [-0.2, -0.15) is 0 Å². The van der Waals surface area contributed by atoms with Gasteiger partial charge in [0.2, 0.25) is 0 Å². The average molecular weight is 350 g/mol. The maximum absolute atomic E-state index is 6.26. The first-order valence-corrected chi connectivity index (χ1v) is 9.04. The highest BCUT2D eigenvalue weighted by atomic mass is 35.5. The van der Waals surface area contributed by atoms with Crippen LogP contribution in [0.4, 0.5) is 11.4 Å². The smallest absolute Gasteiger partial charge is 0.136 e. The lowest BCUT2D eigenvalue weighted by Gasteiger charge is -2.24. The van der Waals surface area contributed by atoms with E-state index in [9.17, 15) is 0 Å². The number of nitrogens with zero attached hydrogens (tertiary/aromatic N) is 1. The van der Waals surface area contributed by atoms with Gasteiger partial charge in [-0.25, -0.2) is 0 Å². The number of allylic oxidation sites excluding steroid dienone is 2. The van der Waals surface area contributed by atoms with Gasteiger partial charge in [0.15, 0.2) is 0 Å². The Morgan fingerprint density at radius 2 is 1.96 bits per heavy atom. The van der Waals surface area contributed by atoms with Crippen molar-refractivity contribution in [2.45, 2.75) is 19.3 Å². The molecule has 1 heterocycles. The van der Waals surface area contributed by atoms with Crippen LogP contribution in [-0.2, 0) is 0 Å². The molecule has 1 aliphatic rings. The molecule has 0 fully saturated rings. The molecule has 1 aromatic heterocycles. The molecular formula is C22H20ClNO. The average Bonchev–Trinajstić information content (AvgIpc) is 2.88. The van der Waals surface area contributed by atoms with Crippen molar-refractivity contribution < 1.29 is 4.42 Å². The molecule has 0 N–H and O–H groups in total. The molecule has 0 atom stereocenters. The van der Waals surface area contributed by atoms with Crippen molar-refractivity contribution in [3.63, 3.8) is 0 Å². The first kappa shape index (κ1) is 16.0. The third-order valence-electron chi connectivity index (χ3n) is 4.53. The Hall–Kier alpha value is -2.45. The van der Waals surface area contributed by atoms with Crippen LogP contribution in [-0.4, -0.2) is 6.54 Å². The van der Waals surface area contributed by atoms with E-state index < -0.39 is 0 Å². The van der Waals surface area contributed by atoms with Crippen LogP contribution >= 0.6 is 11.6 Å². The Morgan fingerprint density at radius 1 is 1.04 bits per heavy atom. The molecule has 1 aliphatic carbocycles. The minimum atomic E-state index is 0.737. The van der Waals surface area contributed by atoms with Crippen molar-refractivity contribution >= 4 is 33.9 Å². The summed E-state index contributed by atoms with van der Waals surface area (Å²) < 4.78 is 5.78. The molecule has 0 bridgehead atoms. The van der Waals surface area contributed by atoms with Gasteiger partial charge in [-0.05, 0) is 55.2 Å². The maximum Gasteiger partial charge on any atom is 0.136 e. The van der Waals surface area contributed by atoms with Crippen LogP contribution in [0.2, 0.25) is 5.02 Å². The molecule has 3 heteroatoms. The number of fused-ring (bicyclic) bond motifs is 1. The first-order chi connectivity index (χ1) is 12.3. The zero-order valence-corrected chi connectivity index (χ0v) is 14.7. The Morgan fingerprint density at radius 3 is 2.88 bits per heavy atom. The zero-order chi connectivity index (χ0) is 17.1. The molecule has 0 saturated carbocycles. The third-order valence-corrected chi connectivity index (χ3v) is 4.76. The van der Waals surface area contributed by atoms with Gasteiger partial charge in [0.05, 0.1) is 5.69 Å². The SMILES string of the molecule is Clc1cccc(N(CC2=CCCCC=C2)c2coc3ccccc23)c1. The van der Waals surface area contributed by atoms with Crippen molar-refractivity contribution in [2.75, 3.05) is 11.4 Å². The van der Waals surface area contributed by atoms with Crippen LogP contribution in [0.1, 0.15) is 19.3 Å². The van der Waals surface area contributed by atoms with Crippen LogP contribution in [0.15, 0.2) is 83.0 Å². The summed E-state index contributed by atoms with van der Waals surface area (Å²) >= 11 is 6.26. The van der Waals surface area contributed by atoms with E-state index in [0.29, 0.717) is 0 Å². The molecule has 3 aromatic rings. The number of hydrogen-bond acceptors (Lipinski definition) is 2. The van der Waals surface area contributed by atoms with Crippen molar-refractivity contribution in [3.8, 4) is 0 Å². The molecule has 0 amide bonds. The molecule has 4 rings (SSSR count). The Labute approximate surface area is 153 Å². The van der Waals surface area contributed by atoms with Crippen LogP contribution in [0.25, 0.3) is 11.0 Å². The number of rotatable bonds is 4. The minimum Gasteiger partial charge on any atom is -0.462 e. The molecular weight excluding hydrogens is 330 g/mol. The van der Waals surface area contributed by atoms with Gasteiger partial charge >= 0.3 is 0 Å². The van der Waals surface area contributed by atoms with E-state index in [0.717, 1.165) is 46.8 Å². The lowest BCUT2D eigenvalue weighted by molar-refractivity contribution is 0.615. The second-order valence-corrected chi connectivity index (χ2v) is 6.73. The Kier molecular flexibility index (Phi) is 4.62. The predicted octanol–water partition coefficient (Wildman–Crippen LogP) is 6.89. The summed E-state index contributed by atoms with van der Waals surface area (Å²) in [5.74, 6) is 0. The summed E-state index contributed by atoms with van der Waals surface area (Å²) in [5.41, 5.74) is 4.35. The van der Waals surface area contributed by atoms with Gasteiger partial charge in [0.25, 0.3) is 0 Å². The van der Waals surface area contributed by atoms with E-state index in [2.05, 4.69) is 35.3 Å². The Balaban J connectivity index is 1.79. The first-order valence-electron chi connectivity index (χ1n) is 8.66. The fraction of sp³-hybridized carbons (Fsp3) is 0.182. The number of anilines is 2. The highest BCUT2D eigenvalue weighted by Crippen LogP contribution is 2.35. The molecule has 2 aromatic carbocycles. The van der Waals surface area contributed by atoms with Crippen molar-refractivity contribution in [3.05, 3.63) is 83.6 Å². The summed E-state index contributed by atoms with van der Waals surface area (Å²) in [5, 5.41) is 1.85. The Bertz CT molecular complexity index is 938. The zero-order valence-electron chi connectivity index (χ0n) is 14.0. The van der Waals surface area contributed by atoms with Crippen LogP contribution < -0.4 is 4.90 Å². The van der Waals surface area contributed by atoms with E-state index in [-0.39, 0.29) is 0 Å². The van der Waals surface area contributed by atoms with Gasteiger partial charge in [-0.15, -0.1) is 0 Å². The predicted molar refractivity (Wildman–Crippen MR) is 106 cm³/mol. The number of halogens is 1. The molecule has 126 valence electrons. The molecule has 0 radical (unpaired) electrons. The van der Waals surface area contributed by atoms with Crippen molar-refractivity contribution in [1.82, 2.24) is 0 Å². The second kappa shape index (κ2) is 7.20. The second-order valence-electron chi connectivity index (χ2n) is 6.30. The van der Waals surface area contributed by atoms with Gasteiger partial charge < -0.3 is 9.32 Å². The topological polar surface area (TPSA) is 16.4 Å². The van der Waals surface area contributed by atoms with Crippen LogP contribution in [0.5, 0.6) is 0 Å². The molecule has 0 spiro atoms. The quantitative estimate of drug-likeness (QED) is 0.509. The fourth-order valence-electron chi connectivity index (χ4n) is 3.26. The molecule has 0 saturated heterocycles. The molecule has 2 nitrogen and oxygen atoms in total. The summed E-state index contributed by atoms with van der Waals surface area (Å²) in [6.45, 7) is 0.792. The fourth-order valence-corrected chi connectivity index (χ4v) is 3.44. The van der Waals surface area contributed by atoms with Crippen LogP contribution in [0, 0.1) is 0 Å². The summed E-state index contributed by atoms with van der Waals surface area (Å²) in [6, 6.07) is 16.1. The van der Waals surface area contributed by atoms with Crippen molar-refractivity contribution in [1.29, 1.82) is 0 Å². The molecule has 25 heavy (non-hydrogen) atoms.